The monoisotopic (exact) mass is 373 g/mol. The van der Waals surface area contributed by atoms with Gasteiger partial charge in [-0.25, -0.2) is 4.79 Å². The third-order valence-corrected chi connectivity index (χ3v) is 3.81. The molecule has 12 nitrogen and oxygen atoms in total. The summed E-state index contributed by atoms with van der Waals surface area (Å²) in [5.41, 5.74) is 10.4. The van der Waals surface area contributed by atoms with Crippen LogP contribution in [-0.4, -0.2) is 82.5 Å². The zero-order valence-electron chi connectivity index (χ0n) is 14.0. The van der Waals surface area contributed by atoms with Crippen LogP contribution in [0.5, 0.6) is 0 Å². The Kier molecular flexibility index (Phi) is 7.93. The SMILES string of the molecule is NC(=O)CC(NC(=O)CNC(=O)C1CCCN1C(=O)C(N)CO)C(=O)O. The van der Waals surface area contributed by atoms with Gasteiger partial charge in [-0.1, -0.05) is 0 Å². The Bertz CT molecular complexity index is 582. The molecular formula is C14H23N5O7. The molecule has 3 unspecified atom stereocenters. The second-order valence-corrected chi connectivity index (χ2v) is 5.83. The molecule has 0 aliphatic carbocycles. The number of nitrogens with two attached hydrogens (primary N) is 2. The van der Waals surface area contributed by atoms with E-state index in [0.717, 1.165) is 0 Å². The maximum atomic E-state index is 12.2. The molecule has 1 heterocycles. The predicted molar refractivity (Wildman–Crippen MR) is 86.2 cm³/mol. The molecule has 1 aliphatic heterocycles. The van der Waals surface area contributed by atoms with Crippen LogP contribution in [-0.2, 0) is 24.0 Å². The molecule has 0 bridgehead atoms. The van der Waals surface area contributed by atoms with E-state index in [2.05, 4.69) is 10.6 Å². The van der Waals surface area contributed by atoms with Gasteiger partial charge in [-0.15, -0.1) is 0 Å². The Morgan fingerprint density at radius 1 is 1.23 bits per heavy atom. The number of likely N-dealkylation sites (tertiary alicyclic amines) is 1. The number of carboxylic acids is 1. The minimum Gasteiger partial charge on any atom is -0.480 e. The van der Waals surface area contributed by atoms with Crippen molar-refractivity contribution in [2.24, 2.45) is 11.5 Å². The number of aliphatic hydroxyl groups is 1. The normalized spacial score (nSPS) is 18.7. The van der Waals surface area contributed by atoms with Crippen LogP contribution in [0, 0.1) is 0 Å². The van der Waals surface area contributed by atoms with Crippen LogP contribution in [0.15, 0.2) is 0 Å². The average molecular weight is 373 g/mol. The number of carboxylic acid groups (broad SMARTS) is 1. The van der Waals surface area contributed by atoms with Crippen molar-refractivity contribution in [3.05, 3.63) is 0 Å². The van der Waals surface area contributed by atoms with Crippen molar-refractivity contribution in [3.8, 4) is 0 Å². The van der Waals surface area contributed by atoms with Gasteiger partial charge >= 0.3 is 5.97 Å². The summed E-state index contributed by atoms with van der Waals surface area (Å²) in [6.07, 6.45) is 0.351. The fourth-order valence-electron chi connectivity index (χ4n) is 2.53. The van der Waals surface area contributed by atoms with E-state index >= 15 is 0 Å². The van der Waals surface area contributed by atoms with Crippen molar-refractivity contribution in [1.82, 2.24) is 15.5 Å². The minimum absolute atomic E-state index is 0.302. The first-order valence-electron chi connectivity index (χ1n) is 7.92. The Hall–Kier alpha value is -2.73. The summed E-state index contributed by atoms with van der Waals surface area (Å²) in [6.45, 7) is -0.787. The molecule has 0 saturated carbocycles. The Balaban J connectivity index is 2.56. The number of nitrogens with zero attached hydrogens (tertiary/aromatic N) is 1. The average Bonchev–Trinajstić information content (AvgIpc) is 3.06. The Morgan fingerprint density at radius 2 is 1.88 bits per heavy atom. The molecule has 0 aromatic carbocycles. The van der Waals surface area contributed by atoms with Crippen LogP contribution in [0.4, 0.5) is 0 Å². The number of amides is 4. The van der Waals surface area contributed by atoms with Crippen molar-refractivity contribution in [2.45, 2.75) is 37.4 Å². The van der Waals surface area contributed by atoms with E-state index in [0.29, 0.717) is 19.4 Å². The molecule has 0 aromatic heterocycles. The van der Waals surface area contributed by atoms with Crippen molar-refractivity contribution < 1.29 is 34.2 Å². The lowest BCUT2D eigenvalue weighted by Crippen LogP contribution is -2.53. The van der Waals surface area contributed by atoms with Crippen LogP contribution in [0.3, 0.4) is 0 Å². The number of carbonyl (C=O) groups excluding carboxylic acids is 4. The number of nitrogens with one attached hydrogen (secondary N) is 2. The lowest BCUT2D eigenvalue weighted by atomic mass is 10.2. The summed E-state index contributed by atoms with van der Waals surface area (Å²) >= 11 is 0. The fourth-order valence-corrected chi connectivity index (χ4v) is 2.53. The van der Waals surface area contributed by atoms with E-state index in [9.17, 15) is 24.0 Å². The lowest BCUT2D eigenvalue weighted by Gasteiger charge is -2.26. The van der Waals surface area contributed by atoms with Crippen molar-refractivity contribution in [1.29, 1.82) is 0 Å². The molecule has 0 radical (unpaired) electrons. The second-order valence-electron chi connectivity index (χ2n) is 5.83. The molecular weight excluding hydrogens is 350 g/mol. The van der Waals surface area contributed by atoms with Gasteiger partial charge in [0.05, 0.1) is 19.6 Å². The number of hydrogen-bond donors (Lipinski definition) is 6. The number of primary amides is 1. The summed E-state index contributed by atoms with van der Waals surface area (Å²) in [6, 6.07) is -3.45. The predicted octanol–water partition coefficient (Wildman–Crippen LogP) is -4.14. The van der Waals surface area contributed by atoms with Gasteiger partial charge in [0.25, 0.3) is 0 Å². The van der Waals surface area contributed by atoms with Crippen LogP contribution in [0.2, 0.25) is 0 Å². The van der Waals surface area contributed by atoms with E-state index in [1.165, 1.54) is 4.90 Å². The number of carbonyl (C=O) groups is 5. The molecule has 1 fully saturated rings. The molecule has 0 spiro atoms. The number of rotatable bonds is 9. The molecule has 26 heavy (non-hydrogen) atoms. The highest BCUT2D eigenvalue weighted by atomic mass is 16.4. The third-order valence-electron chi connectivity index (χ3n) is 3.81. The number of aliphatic carboxylic acids is 1. The van der Waals surface area contributed by atoms with Crippen molar-refractivity contribution in [3.63, 3.8) is 0 Å². The maximum absolute atomic E-state index is 12.2. The van der Waals surface area contributed by atoms with Gasteiger partial charge in [0.2, 0.25) is 23.6 Å². The minimum atomic E-state index is -1.50. The van der Waals surface area contributed by atoms with E-state index in [4.69, 9.17) is 21.7 Å². The molecule has 12 heteroatoms. The van der Waals surface area contributed by atoms with Gasteiger partial charge < -0.3 is 37.2 Å². The van der Waals surface area contributed by atoms with Gasteiger partial charge in [-0.2, -0.15) is 0 Å². The zero-order chi connectivity index (χ0) is 19.9. The van der Waals surface area contributed by atoms with Crippen molar-refractivity contribution >= 4 is 29.6 Å². The first kappa shape index (κ1) is 21.3. The van der Waals surface area contributed by atoms with Gasteiger partial charge in [0, 0.05) is 6.54 Å². The highest BCUT2D eigenvalue weighted by Crippen LogP contribution is 2.18. The number of hydrogen-bond acceptors (Lipinski definition) is 7. The first-order valence-corrected chi connectivity index (χ1v) is 7.92. The summed E-state index contributed by atoms with van der Waals surface area (Å²) < 4.78 is 0. The molecule has 8 N–H and O–H groups in total. The highest BCUT2D eigenvalue weighted by molar-refractivity contribution is 5.93. The smallest absolute Gasteiger partial charge is 0.326 e. The lowest BCUT2D eigenvalue weighted by molar-refractivity contribution is -0.143. The largest absolute Gasteiger partial charge is 0.480 e. The number of aliphatic hydroxyl groups excluding tert-OH is 1. The third kappa shape index (κ3) is 5.97. The summed E-state index contributed by atoms with van der Waals surface area (Å²) in [7, 11) is 0. The van der Waals surface area contributed by atoms with Crippen LogP contribution < -0.4 is 22.1 Å². The van der Waals surface area contributed by atoms with Crippen molar-refractivity contribution in [2.75, 3.05) is 19.7 Å². The topological polar surface area (TPSA) is 205 Å². The molecule has 146 valence electrons. The maximum Gasteiger partial charge on any atom is 0.326 e. The van der Waals surface area contributed by atoms with E-state index in [1.54, 1.807) is 0 Å². The molecule has 4 amide bonds. The summed E-state index contributed by atoms with van der Waals surface area (Å²) in [5, 5.41) is 22.2. The van der Waals surface area contributed by atoms with Gasteiger partial charge in [-0.05, 0) is 12.8 Å². The zero-order valence-corrected chi connectivity index (χ0v) is 14.0. The van der Waals surface area contributed by atoms with E-state index < -0.39 is 67.3 Å². The van der Waals surface area contributed by atoms with E-state index in [-0.39, 0.29) is 0 Å². The van der Waals surface area contributed by atoms with Crippen LogP contribution >= 0.6 is 0 Å². The molecule has 1 aliphatic rings. The van der Waals surface area contributed by atoms with Crippen LogP contribution in [0.25, 0.3) is 0 Å². The van der Waals surface area contributed by atoms with E-state index in [1.807, 2.05) is 0 Å². The second kappa shape index (κ2) is 9.68. The van der Waals surface area contributed by atoms with Crippen LogP contribution in [0.1, 0.15) is 19.3 Å². The Morgan fingerprint density at radius 3 is 2.42 bits per heavy atom. The Labute approximate surface area is 148 Å². The summed E-state index contributed by atoms with van der Waals surface area (Å²) in [5.74, 6) is -4.33. The molecule has 0 aromatic rings. The standard InChI is InChI=1S/C14H23N5O7/c15-7(6-20)13(24)19-3-1-2-9(19)12(23)17-5-11(22)18-8(14(25)26)4-10(16)21/h7-9,20H,1-6,15H2,(H2,16,21)(H,17,23)(H,18,22)(H,25,26). The van der Waals surface area contributed by atoms with Gasteiger partial charge in [0.1, 0.15) is 18.1 Å². The molecule has 1 saturated heterocycles. The quantitative estimate of drug-likeness (QED) is 0.233. The first-order chi connectivity index (χ1) is 12.2. The van der Waals surface area contributed by atoms with Gasteiger partial charge in [-0.3, -0.25) is 19.2 Å². The summed E-state index contributed by atoms with van der Waals surface area (Å²) in [4.78, 5) is 58.9. The molecule has 3 atom stereocenters. The molecule has 1 rings (SSSR count). The van der Waals surface area contributed by atoms with Gasteiger partial charge in [0.15, 0.2) is 0 Å². The fraction of sp³-hybridized carbons (Fsp3) is 0.643. The highest BCUT2D eigenvalue weighted by Gasteiger charge is 2.36.